The number of halogens is 1. The first-order valence-electron chi connectivity index (χ1n) is 4.80. The van der Waals surface area contributed by atoms with Crippen LogP contribution >= 0.6 is 11.6 Å². The lowest BCUT2D eigenvalue weighted by molar-refractivity contribution is -0.386. The number of hydrogen-bond acceptors (Lipinski definition) is 3. The van der Waals surface area contributed by atoms with Gasteiger partial charge in [-0.2, -0.15) is 5.10 Å². The van der Waals surface area contributed by atoms with Crippen LogP contribution in [0.1, 0.15) is 25.2 Å². The number of aryl methyl sites for hydroxylation is 2. The molecule has 0 spiro atoms. The summed E-state index contributed by atoms with van der Waals surface area (Å²) in [7, 11) is 1.71. The predicted octanol–water partition coefficient (Wildman–Crippen LogP) is 2.06. The molecule has 0 saturated heterocycles. The van der Waals surface area contributed by atoms with Crippen LogP contribution in [0, 0.1) is 10.1 Å². The number of rotatable bonds is 4. The highest BCUT2D eigenvalue weighted by atomic mass is 35.5. The van der Waals surface area contributed by atoms with Crippen molar-refractivity contribution in [1.82, 2.24) is 9.78 Å². The Bertz CT molecular complexity index is 374. The van der Waals surface area contributed by atoms with Gasteiger partial charge in [0.1, 0.15) is 11.4 Å². The lowest BCUT2D eigenvalue weighted by Crippen LogP contribution is -2.06. The number of alkyl halides is 1. The van der Waals surface area contributed by atoms with Crippen LogP contribution in [-0.4, -0.2) is 20.1 Å². The van der Waals surface area contributed by atoms with Crippen molar-refractivity contribution in [2.75, 3.05) is 0 Å². The third-order valence-corrected chi connectivity index (χ3v) is 2.35. The summed E-state index contributed by atoms with van der Waals surface area (Å²) in [5.41, 5.74) is 1.24. The summed E-state index contributed by atoms with van der Waals surface area (Å²) >= 11 is 5.85. The molecule has 1 heterocycles. The van der Waals surface area contributed by atoms with E-state index < -0.39 is 0 Å². The zero-order valence-electron chi connectivity index (χ0n) is 9.03. The van der Waals surface area contributed by atoms with Crippen LogP contribution < -0.4 is 0 Å². The van der Waals surface area contributed by atoms with Crippen molar-refractivity contribution in [2.45, 2.75) is 32.1 Å². The van der Waals surface area contributed by atoms with Crippen LogP contribution in [0.25, 0.3) is 0 Å². The van der Waals surface area contributed by atoms with Crippen LogP contribution in [0.4, 0.5) is 5.69 Å². The topological polar surface area (TPSA) is 61.0 Å². The first kappa shape index (κ1) is 12.0. The Morgan fingerprint density at radius 3 is 2.67 bits per heavy atom. The molecule has 0 fully saturated rings. The van der Waals surface area contributed by atoms with Crippen molar-refractivity contribution in [3.8, 4) is 0 Å². The van der Waals surface area contributed by atoms with Crippen LogP contribution in [0.3, 0.4) is 0 Å². The molecule has 1 aromatic heterocycles. The van der Waals surface area contributed by atoms with Gasteiger partial charge in [0.2, 0.25) is 0 Å². The molecule has 5 nitrogen and oxygen atoms in total. The number of aromatic nitrogens is 2. The molecule has 0 aliphatic carbocycles. The average molecular weight is 232 g/mol. The van der Waals surface area contributed by atoms with E-state index in [4.69, 9.17) is 11.6 Å². The summed E-state index contributed by atoms with van der Waals surface area (Å²) in [6.45, 7) is 3.66. The largest absolute Gasteiger partial charge is 0.313 e. The molecular weight excluding hydrogens is 218 g/mol. The van der Waals surface area contributed by atoms with Gasteiger partial charge in [-0.05, 0) is 13.3 Å². The monoisotopic (exact) mass is 231 g/mol. The van der Waals surface area contributed by atoms with Gasteiger partial charge in [0.05, 0.1) is 4.92 Å². The first-order valence-corrected chi connectivity index (χ1v) is 5.24. The van der Waals surface area contributed by atoms with Crippen molar-refractivity contribution in [2.24, 2.45) is 7.05 Å². The molecule has 0 aliphatic heterocycles. The van der Waals surface area contributed by atoms with Crippen LogP contribution in [-0.2, 0) is 19.9 Å². The minimum atomic E-state index is -0.375. The average Bonchev–Trinajstić information content (AvgIpc) is 2.42. The van der Waals surface area contributed by atoms with E-state index >= 15 is 0 Å². The second-order valence-electron chi connectivity index (χ2n) is 3.46. The third kappa shape index (κ3) is 2.47. The summed E-state index contributed by atoms with van der Waals surface area (Å²) in [6, 6.07) is 0. The zero-order valence-corrected chi connectivity index (χ0v) is 9.78. The molecule has 0 amide bonds. The highest BCUT2D eigenvalue weighted by Crippen LogP contribution is 2.25. The highest BCUT2D eigenvalue weighted by molar-refractivity contribution is 6.20. The van der Waals surface area contributed by atoms with Gasteiger partial charge in [0.15, 0.2) is 0 Å². The molecule has 84 valence electrons. The summed E-state index contributed by atoms with van der Waals surface area (Å²) in [4.78, 5) is 10.5. The molecule has 0 aliphatic rings. The molecule has 0 saturated carbocycles. The fraction of sp³-hybridized carbons (Fsp3) is 0.667. The van der Waals surface area contributed by atoms with Gasteiger partial charge in [-0.1, -0.05) is 6.92 Å². The van der Waals surface area contributed by atoms with Crippen molar-refractivity contribution in [3.63, 3.8) is 0 Å². The molecular formula is C9H14ClN3O2. The normalized spacial score (nSPS) is 12.8. The van der Waals surface area contributed by atoms with Gasteiger partial charge in [0.25, 0.3) is 0 Å². The van der Waals surface area contributed by atoms with Gasteiger partial charge in [-0.15, -0.1) is 11.6 Å². The van der Waals surface area contributed by atoms with Gasteiger partial charge in [-0.25, -0.2) is 0 Å². The number of hydrogen-bond donors (Lipinski definition) is 0. The van der Waals surface area contributed by atoms with E-state index in [2.05, 4.69) is 5.10 Å². The van der Waals surface area contributed by atoms with Crippen LogP contribution in [0.15, 0.2) is 0 Å². The fourth-order valence-corrected chi connectivity index (χ4v) is 1.70. The second-order valence-corrected chi connectivity index (χ2v) is 4.21. The summed E-state index contributed by atoms with van der Waals surface area (Å²) in [5.74, 6) is 0. The Kier molecular flexibility index (Phi) is 3.68. The molecule has 1 rings (SSSR count). The van der Waals surface area contributed by atoms with Gasteiger partial charge in [0, 0.05) is 18.8 Å². The Balaban J connectivity index is 3.22. The molecule has 0 aromatic carbocycles. The Hall–Kier alpha value is -1.10. The van der Waals surface area contributed by atoms with E-state index in [0.29, 0.717) is 24.2 Å². The molecule has 15 heavy (non-hydrogen) atoms. The van der Waals surface area contributed by atoms with Gasteiger partial charge >= 0.3 is 5.69 Å². The van der Waals surface area contributed by atoms with Crippen molar-refractivity contribution in [1.29, 1.82) is 0 Å². The van der Waals surface area contributed by atoms with E-state index in [1.54, 1.807) is 11.7 Å². The van der Waals surface area contributed by atoms with Crippen molar-refractivity contribution < 1.29 is 4.92 Å². The molecule has 1 atom stereocenters. The maximum Gasteiger partial charge on any atom is 0.313 e. The lowest BCUT2D eigenvalue weighted by Gasteiger charge is -2.02. The van der Waals surface area contributed by atoms with Crippen LogP contribution in [0.2, 0.25) is 0 Å². The SMILES string of the molecule is CCc1nn(C)c(CC(C)Cl)c1[N+](=O)[O-]. The minimum Gasteiger partial charge on any atom is -0.265 e. The van der Waals surface area contributed by atoms with Crippen LogP contribution in [0.5, 0.6) is 0 Å². The number of nitro groups is 1. The maximum absolute atomic E-state index is 10.9. The van der Waals surface area contributed by atoms with E-state index in [-0.39, 0.29) is 16.0 Å². The Morgan fingerprint density at radius 1 is 1.67 bits per heavy atom. The second kappa shape index (κ2) is 4.61. The highest BCUT2D eigenvalue weighted by Gasteiger charge is 2.25. The maximum atomic E-state index is 10.9. The van der Waals surface area contributed by atoms with E-state index in [0.717, 1.165) is 0 Å². The lowest BCUT2D eigenvalue weighted by atomic mass is 10.2. The zero-order chi connectivity index (χ0) is 11.6. The molecule has 0 bridgehead atoms. The summed E-state index contributed by atoms with van der Waals surface area (Å²) in [6.07, 6.45) is 1.02. The minimum absolute atomic E-state index is 0.118. The van der Waals surface area contributed by atoms with E-state index in [1.807, 2.05) is 13.8 Å². The molecule has 1 unspecified atom stereocenters. The first-order chi connectivity index (χ1) is 6.97. The van der Waals surface area contributed by atoms with Crippen molar-refractivity contribution >= 4 is 17.3 Å². The van der Waals surface area contributed by atoms with Crippen molar-refractivity contribution in [3.05, 3.63) is 21.5 Å². The summed E-state index contributed by atoms with van der Waals surface area (Å²) < 4.78 is 1.55. The fourth-order valence-electron chi connectivity index (χ4n) is 1.55. The standard InChI is InChI=1S/C9H14ClN3O2/c1-4-7-9(13(14)15)8(5-6(2)10)12(3)11-7/h6H,4-5H2,1-3H3. The number of nitrogens with zero attached hydrogens (tertiary/aromatic N) is 3. The van der Waals surface area contributed by atoms with Gasteiger partial charge in [-0.3, -0.25) is 14.8 Å². The Morgan fingerprint density at radius 2 is 2.27 bits per heavy atom. The smallest absolute Gasteiger partial charge is 0.265 e. The molecule has 0 radical (unpaired) electrons. The van der Waals surface area contributed by atoms with E-state index in [9.17, 15) is 10.1 Å². The summed E-state index contributed by atoms with van der Waals surface area (Å²) in [5, 5.41) is 14.9. The quantitative estimate of drug-likeness (QED) is 0.453. The Labute approximate surface area is 93.2 Å². The van der Waals surface area contributed by atoms with Gasteiger partial charge < -0.3 is 0 Å². The molecule has 1 aromatic rings. The predicted molar refractivity (Wildman–Crippen MR) is 58.3 cm³/mol. The third-order valence-electron chi connectivity index (χ3n) is 2.20. The molecule has 0 N–H and O–H groups in total. The van der Waals surface area contributed by atoms with E-state index in [1.165, 1.54) is 0 Å². The molecule has 6 heteroatoms.